The Bertz CT molecular complexity index is 617. The van der Waals surface area contributed by atoms with Crippen molar-refractivity contribution in [2.45, 2.75) is 25.6 Å². The number of hydrogen-bond donors (Lipinski definition) is 1. The quantitative estimate of drug-likeness (QED) is 0.835. The van der Waals surface area contributed by atoms with Crippen LogP contribution in [0, 0.1) is 12.7 Å². The molecule has 0 spiro atoms. The molecular formula is C16H15F4N. The summed E-state index contributed by atoms with van der Waals surface area (Å²) in [7, 11) is 0. The van der Waals surface area contributed by atoms with E-state index in [1.807, 2.05) is 0 Å². The van der Waals surface area contributed by atoms with Crippen LogP contribution in [-0.2, 0) is 12.6 Å². The molecule has 0 aliphatic heterocycles. The fourth-order valence-corrected chi connectivity index (χ4v) is 2.13. The van der Waals surface area contributed by atoms with Gasteiger partial charge in [-0.2, -0.15) is 13.2 Å². The Kier molecular flexibility index (Phi) is 4.32. The molecule has 2 aromatic carbocycles. The lowest BCUT2D eigenvalue weighted by atomic mass is 9.97. The number of alkyl halides is 3. The van der Waals surface area contributed by atoms with Crippen molar-refractivity contribution in [3.63, 3.8) is 0 Å². The van der Waals surface area contributed by atoms with Gasteiger partial charge in [0.05, 0.1) is 5.56 Å². The predicted octanol–water partition coefficient (Wildman–Crippen LogP) is 4.40. The number of halogens is 4. The van der Waals surface area contributed by atoms with E-state index in [4.69, 9.17) is 5.73 Å². The lowest BCUT2D eigenvalue weighted by Gasteiger charge is -2.14. The Balaban J connectivity index is 2.14. The van der Waals surface area contributed by atoms with Crippen molar-refractivity contribution in [3.05, 3.63) is 70.5 Å². The van der Waals surface area contributed by atoms with Gasteiger partial charge in [-0.15, -0.1) is 0 Å². The zero-order chi connectivity index (χ0) is 15.6. The third kappa shape index (κ3) is 3.82. The van der Waals surface area contributed by atoms with Gasteiger partial charge in [-0.3, -0.25) is 0 Å². The average Bonchev–Trinajstić information content (AvgIpc) is 2.38. The highest BCUT2D eigenvalue weighted by molar-refractivity contribution is 5.29. The molecule has 0 radical (unpaired) electrons. The number of aryl methyl sites for hydroxylation is 1. The van der Waals surface area contributed by atoms with E-state index in [9.17, 15) is 17.6 Å². The number of rotatable bonds is 3. The molecule has 112 valence electrons. The highest BCUT2D eigenvalue weighted by atomic mass is 19.4. The van der Waals surface area contributed by atoms with Crippen molar-refractivity contribution in [2.75, 3.05) is 0 Å². The van der Waals surface area contributed by atoms with Crippen LogP contribution in [0.5, 0.6) is 0 Å². The van der Waals surface area contributed by atoms with E-state index in [-0.39, 0.29) is 6.42 Å². The molecule has 2 rings (SSSR count). The summed E-state index contributed by atoms with van der Waals surface area (Å²) in [6.45, 7) is 1.77. The summed E-state index contributed by atoms with van der Waals surface area (Å²) < 4.78 is 51.2. The van der Waals surface area contributed by atoms with Crippen LogP contribution in [-0.4, -0.2) is 0 Å². The summed E-state index contributed by atoms with van der Waals surface area (Å²) in [4.78, 5) is 0. The molecule has 0 aliphatic rings. The van der Waals surface area contributed by atoms with Crippen LogP contribution in [0.15, 0.2) is 42.5 Å². The van der Waals surface area contributed by atoms with Gasteiger partial charge >= 0.3 is 6.18 Å². The summed E-state index contributed by atoms with van der Waals surface area (Å²) in [5, 5.41) is 0. The van der Waals surface area contributed by atoms with Crippen molar-refractivity contribution >= 4 is 0 Å². The van der Waals surface area contributed by atoms with Gasteiger partial charge in [0, 0.05) is 11.6 Å². The van der Waals surface area contributed by atoms with Gasteiger partial charge in [0.1, 0.15) is 5.82 Å². The molecule has 0 fully saturated rings. The summed E-state index contributed by atoms with van der Waals surface area (Å²) >= 11 is 0. The van der Waals surface area contributed by atoms with Crippen LogP contribution >= 0.6 is 0 Å². The topological polar surface area (TPSA) is 26.0 Å². The normalized spacial score (nSPS) is 13.2. The van der Waals surface area contributed by atoms with E-state index in [0.29, 0.717) is 11.1 Å². The molecular weight excluding hydrogens is 282 g/mol. The zero-order valence-electron chi connectivity index (χ0n) is 11.4. The van der Waals surface area contributed by atoms with Gasteiger partial charge in [0.15, 0.2) is 0 Å². The lowest BCUT2D eigenvalue weighted by molar-refractivity contribution is -0.137. The molecule has 0 amide bonds. The molecule has 0 bridgehead atoms. The maximum Gasteiger partial charge on any atom is 0.416 e. The molecule has 5 heteroatoms. The fraction of sp³-hybridized carbons (Fsp3) is 0.250. The molecule has 1 nitrogen and oxygen atoms in total. The second-order valence-corrected chi connectivity index (χ2v) is 5.03. The van der Waals surface area contributed by atoms with Gasteiger partial charge in [-0.25, -0.2) is 4.39 Å². The molecule has 1 unspecified atom stereocenters. The first-order chi connectivity index (χ1) is 9.77. The number of hydrogen-bond acceptors (Lipinski definition) is 1. The van der Waals surface area contributed by atoms with E-state index >= 15 is 0 Å². The lowest BCUT2D eigenvalue weighted by Crippen LogP contribution is -2.15. The van der Waals surface area contributed by atoms with E-state index in [1.165, 1.54) is 18.2 Å². The Labute approximate surface area is 120 Å². The molecule has 2 aromatic rings. The van der Waals surface area contributed by atoms with Crippen LogP contribution < -0.4 is 5.73 Å². The largest absolute Gasteiger partial charge is 0.416 e. The van der Waals surface area contributed by atoms with Crippen LogP contribution in [0.4, 0.5) is 17.6 Å². The minimum absolute atomic E-state index is 0.276. The van der Waals surface area contributed by atoms with Crippen LogP contribution in [0.3, 0.4) is 0 Å². The van der Waals surface area contributed by atoms with Gasteiger partial charge in [0.25, 0.3) is 0 Å². The van der Waals surface area contributed by atoms with E-state index in [2.05, 4.69) is 0 Å². The van der Waals surface area contributed by atoms with Crippen molar-refractivity contribution in [1.29, 1.82) is 0 Å². The van der Waals surface area contributed by atoms with Crippen molar-refractivity contribution in [3.8, 4) is 0 Å². The van der Waals surface area contributed by atoms with Gasteiger partial charge in [0.2, 0.25) is 0 Å². The van der Waals surface area contributed by atoms with Crippen molar-refractivity contribution in [2.24, 2.45) is 5.73 Å². The Morgan fingerprint density at radius 1 is 1.05 bits per heavy atom. The SMILES string of the molecule is Cc1ccc(C(N)Cc2ccc(C(F)(F)F)cc2)c(F)c1. The van der Waals surface area contributed by atoms with E-state index < -0.39 is 23.6 Å². The smallest absolute Gasteiger partial charge is 0.324 e. The Morgan fingerprint density at radius 3 is 2.19 bits per heavy atom. The monoisotopic (exact) mass is 297 g/mol. The van der Waals surface area contributed by atoms with Gasteiger partial charge in [-0.1, -0.05) is 24.3 Å². The van der Waals surface area contributed by atoms with E-state index in [0.717, 1.165) is 17.7 Å². The third-order valence-electron chi connectivity index (χ3n) is 3.29. The molecule has 0 aliphatic carbocycles. The summed E-state index contributed by atoms with van der Waals surface area (Å²) in [5.74, 6) is -0.394. The number of benzene rings is 2. The molecule has 0 saturated carbocycles. The van der Waals surface area contributed by atoms with Gasteiger partial charge in [-0.05, 0) is 42.7 Å². The molecule has 1 atom stereocenters. The first kappa shape index (κ1) is 15.5. The maximum atomic E-state index is 13.8. The summed E-state index contributed by atoms with van der Waals surface area (Å²) in [6, 6.07) is 8.92. The second-order valence-electron chi connectivity index (χ2n) is 5.03. The molecule has 21 heavy (non-hydrogen) atoms. The number of nitrogens with two attached hydrogens (primary N) is 1. The molecule has 0 heterocycles. The van der Waals surface area contributed by atoms with Crippen LogP contribution in [0.25, 0.3) is 0 Å². The predicted molar refractivity (Wildman–Crippen MR) is 73.2 cm³/mol. The maximum absolute atomic E-state index is 13.8. The molecule has 2 N–H and O–H groups in total. The second kappa shape index (κ2) is 5.85. The first-order valence-electron chi connectivity index (χ1n) is 6.45. The Hall–Kier alpha value is -1.88. The minimum atomic E-state index is -4.36. The molecule has 0 aromatic heterocycles. The van der Waals surface area contributed by atoms with Crippen molar-refractivity contribution in [1.82, 2.24) is 0 Å². The average molecular weight is 297 g/mol. The fourth-order valence-electron chi connectivity index (χ4n) is 2.13. The Morgan fingerprint density at radius 2 is 1.67 bits per heavy atom. The zero-order valence-corrected chi connectivity index (χ0v) is 11.4. The minimum Gasteiger partial charge on any atom is -0.324 e. The summed E-state index contributed by atoms with van der Waals surface area (Å²) in [6.07, 6.45) is -4.08. The van der Waals surface area contributed by atoms with Crippen LogP contribution in [0.2, 0.25) is 0 Å². The highest BCUT2D eigenvalue weighted by Crippen LogP contribution is 2.29. The highest BCUT2D eigenvalue weighted by Gasteiger charge is 2.30. The third-order valence-corrected chi connectivity index (χ3v) is 3.29. The standard InChI is InChI=1S/C16H15F4N/c1-10-2-7-13(14(17)8-10)15(21)9-11-3-5-12(6-4-11)16(18,19)20/h2-8,15H,9,21H2,1H3. The van der Waals surface area contributed by atoms with Crippen molar-refractivity contribution < 1.29 is 17.6 Å². The van der Waals surface area contributed by atoms with Crippen LogP contribution in [0.1, 0.15) is 28.3 Å². The molecule has 0 saturated heterocycles. The van der Waals surface area contributed by atoms with E-state index in [1.54, 1.807) is 19.1 Å². The summed E-state index contributed by atoms with van der Waals surface area (Å²) in [5.41, 5.74) is 7.02. The first-order valence-corrected chi connectivity index (χ1v) is 6.45. The van der Waals surface area contributed by atoms with Gasteiger partial charge < -0.3 is 5.73 Å².